The molecule has 1 aromatic rings. The van der Waals surface area contributed by atoms with Gasteiger partial charge in [-0.3, -0.25) is 0 Å². The molecule has 0 radical (unpaired) electrons. The Labute approximate surface area is 129 Å². The van der Waals surface area contributed by atoms with E-state index in [0.717, 1.165) is 0 Å². The Balaban J connectivity index is 2.98. The van der Waals surface area contributed by atoms with Crippen LogP contribution in [0.1, 0.15) is 13.8 Å². The summed E-state index contributed by atoms with van der Waals surface area (Å²) in [6.45, 7) is 6.90. The van der Waals surface area contributed by atoms with Crippen LogP contribution < -0.4 is 16.4 Å². The molecule has 1 rings (SSSR count). The van der Waals surface area contributed by atoms with E-state index in [0.29, 0.717) is 39.5 Å². The van der Waals surface area contributed by atoms with E-state index >= 15 is 0 Å². The minimum absolute atomic E-state index is 0.114. The Bertz CT molecular complexity index is 450. The Hall–Kier alpha value is -1.24. The molecule has 0 unspecified atom stereocenters. The van der Waals surface area contributed by atoms with Gasteiger partial charge in [-0.2, -0.15) is 0 Å². The zero-order chi connectivity index (χ0) is 15.8. The summed E-state index contributed by atoms with van der Waals surface area (Å²) in [5.41, 5.74) is 12.1. The highest BCUT2D eigenvalue weighted by Crippen LogP contribution is 2.36. The summed E-state index contributed by atoms with van der Waals surface area (Å²) in [4.78, 5) is 1.77. The first-order valence-corrected chi connectivity index (χ1v) is 7.34. The molecular weight excluding hydrogens is 297 g/mol. The monoisotopic (exact) mass is 319 g/mol. The summed E-state index contributed by atoms with van der Waals surface area (Å²) in [5.74, 6) is -0.609. The number of nitrogens with two attached hydrogens (primary N) is 2. The number of halogens is 2. The van der Waals surface area contributed by atoms with Crippen LogP contribution in [0.3, 0.4) is 0 Å². The molecule has 0 atom stereocenters. The van der Waals surface area contributed by atoms with Crippen molar-refractivity contribution in [2.75, 3.05) is 55.9 Å². The molecular formula is C14H23ClFN3O2. The number of hydrogen-bond donors (Lipinski definition) is 2. The van der Waals surface area contributed by atoms with Gasteiger partial charge in [-0.15, -0.1) is 0 Å². The van der Waals surface area contributed by atoms with Crippen molar-refractivity contribution in [3.05, 3.63) is 16.9 Å². The largest absolute Gasteiger partial charge is 0.397 e. The van der Waals surface area contributed by atoms with Gasteiger partial charge in [0.25, 0.3) is 0 Å². The zero-order valence-electron chi connectivity index (χ0n) is 12.5. The first-order chi connectivity index (χ1) is 10.0. The quantitative estimate of drug-likeness (QED) is 0.540. The van der Waals surface area contributed by atoms with Gasteiger partial charge in [-0.05, 0) is 19.9 Å². The molecule has 0 aliphatic rings. The lowest BCUT2D eigenvalue weighted by Crippen LogP contribution is -2.32. The highest BCUT2D eigenvalue weighted by atomic mass is 35.5. The molecule has 7 heteroatoms. The third kappa shape index (κ3) is 4.91. The smallest absolute Gasteiger partial charge is 0.169 e. The highest BCUT2D eigenvalue weighted by molar-refractivity contribution is 6.33. The number of rotatable bonds is 9. The third-order valence-electron chi connectivity index (χ3n) is 2.97. The fourth-order valence-corrected chi connectivity index (χ4v) is 2.10. The van der Waals surface area contributed by atoms with Crippen LogP contribution in [0.2, 0.25) is 5.02 Å². The Morgan fingerprint density at radius 3 is 2.10 bits per heavy atom. The average molecular weight is 320 g/mol. The summed E-state index contributed by atoms with van der Waals surface area (Å²) in [7, 11) is 0. The first-order valence-electron chi connectivity index (χ1n) is 6.96. The number of benzene rings is 1. The second-order valence-corrected chi connectivity index (χ2v) is 4.79. The van der Waals surface area contributed by atoms with E-state index in [9.17, 15) is 4.39 Å². The number of anilines is 3. The Morgan fingerprint density at radius 2 is 1.62 bits per heavy atom. The van der Waals surface area contributed by atoms with Crippen molar-refractivity contribution in [2.24, 2.45) is 0 Å². The highest BCUT2D eigenvalue weighted by Gasteiger charge is 2.19. The van der Waals surface area contributed by atoms with Crippen LogP contribution in [0, 0.1) is 5.82 Å². The standard InChI is InChI=1S/C14H23ClFN3O2/c1-3-20-7-5-19(6-8-21-4-2)14-11(18)9-10(17)12(15)13(14)16/h9H,3-8,17-18H2,1-2H3. The van der Waals surface area contributed by atoms with Gasteiger partial charge in [0.1, 0.15) is 5.02 Å². The lowest BCUT2D eigenvalue weighted by molar-refractivity contribution is 0.141. The van der Waals surface area contributed by atoms with Gasteiger partial charge in [0, 0.05) is 26.3 Å². The van der Waals surface area contributed by atoms with Crippen molar-refractivity contribution < 1.29 is 13.9 Å². The van der Waals surface area contributed by atoms with Crippen LogP contribution in [-0.4, -0.2) is 39.5 Å². The number of ether oxygens (including phenoxy) is 2. The van der Waals surface area contributed by atoms with Crippen LogP contribution in [0.25, 0.3) is 0 Å². The predicted molar refractivity (Wildman–Crippen MR) is 85.4 cm³/mol. The molecule has 4 N–H and O–H groups in total. The van der Waals surface area contributed by atoms with Crippen LogP contribution in [-0.2, 0) is 9.47 Å². The van der Waals surface area contributed by atoms with Gasteiger partial charge in [-0.25, -0.2) is 4.39 Å². The fraction of sp³-hybridized carbons (Fsp3) is 0.571. The molecule has 0 aromatic heterocycles. The average Bonchev–Trinajstić information content (AvgIpc) is 2.45. The normalized spacial score (nSPS) is 10.9. The van der Waals surface area contributed by atoms with E-state index in [4.69, 9.17) is 32.5 Å². The van der Waals surface area contributed by atoms with Gasteiger partial charge in [-0.1, -0.05) is 11.6 Å². The molecule has 0 bridgehead atoms. The fourth-order valence-electron chi connectivity index (χ4n) is 1.95. The molecule has 120 valence electrons. The summed E-state index contributed by atoms with van der Waals surface area (Å²) >= 11 is 5.88. The van der Waals surface area contributed by atoms with Gasteiger partial charge < -0.3 is 25.8 Å². The lowest BCUT2D eigenvalue weighted by atomic mass is 10.2. The maximum absolute atomic E-state index is 14.4. The molecule has 21 heavy (non-hydrogen) atoms. The number of hydrogen-bond acceptors (Lipinski definition) is 5. The maximum Gasteiger partial charge on any atom is 0.169 e. The Morgan fingerprint density at radius 1 is 1.10 bits per heavy atom. The van der Waals surface area contributed by atoms with E-state index in [1.165, 1.54) is 6.07 Å². The van der Waals surface area contributed by atoms with Crippen molar-refractivity contribution in [3.8, 4) is 0 Å². The van der Waals surface area contributed by atoms with E-state index < -0.39 is 5.82 Å². The second kappa shape index (κ2) is 8.92. The van der Waals surface area contributed by atoms with Crippen molar-refractivity contribution >= 4 is 28.7 Å². The molecule has 0 aliphatic carbocycles. The van der Waals surface area contributed by atoms with Crippen LogP contribution in [0.4, 0.5) is 21.5 Å². The van der Waals surface area contributed by atoms with Crippen molar-refractivity contribution in [3.63, 3.8) is 0 Å². The van der Waals surface area contributed by atoms with E-state index in [1.807, 2.05) is 13.8 Å². The van der Waals surface area contributed by atoms with Crippen LogP contribution in [0.15, 0.2) is 6.07 Å². The molecule has 0 saturated heterocycles. The molecule has 0 heterocycles. The third-order valence-corrected chi connectivity index (χ3v) is 3.36. The van der Waals surface area contributed by atoms with Crippen molar-refractivity contribution in [1.29, 1.82) is 0 Å². The minimum atomic E-state index is -0.609. The molecule has 0 aliphatic heterocycles. The summed E-state index contributed by atoms with van der Waals surface area (Å²) in [5, 5.41) is -0.114. The van der Waals surface area contributed by atoms with Gasteiger partial charge in [0.05, 0.1) is 30.3 Å². The van der Waals surface area contributed by atoms with Crippen LogP contribution >= 0.6 is 11.6 Å². The van der Waals surface area contributed by atoms with Crippen molar-refractivity contribution in [2.45, 2.75) is 13.8 Å². The van der Waals surface area contributed by atoms with E-state index in [1.54, 1.807) is 4.90 Å². The van der Waals surface area contributed by atoms with Gasteiger partial charge in [0.2, 0.25) is 0 Å². The van der Waals surface area contributed by atoms with E-state index in [2.05, 4.69) is 0 Å². The lowest BCUT2D eigenvalue weighted by Gasteiger charge is -2.27. The van der Waals surface area contributed by atoms with Gasteiger partial charge >= 0.3 is 0 Å². The Kier molecular flexibility index (Phi) is 7.56. The van der Waals surface area contributed by atoms with Crippen molar-refractivity contribution in [1.82, 2.24) is 0 Å². The second-order valence-electron chi connectivity index (χ2n) is 4.41. The molecule has 5 nitrogen and oxygen atoms in total. The summed E-state index contributed by atoms with van der Waals surface area (Å²) in [6.07, 6.45) is 0. The molecule has 0 amide bonds. The SMILES string of the molecule is CCOCCN(CCOCC)c1c(N)cc(N)c(Cl)c1F. The number of nitrogens with zero attached hydrogens (tertiary/aromatic N) is 1. The number of nitrogen functional groups attached to an aromatic ring is 2. The molecule has 0 saturated carbocycles. The maximum atomic E-state index is 14.4. The first kappa shape index (κ1) is 17.8. The molecule has 0 fully saturated rings. The van der Waals surface area contributed by atoms with E-state index in [-0.39, 0.29) is 22.1 Å². The van der Waals surface area contributed by atoms with Crippen LogP contribution in [0.5, 0.6) is 0 Å². The molecule has 0 spiro atoms. The zero-order valence-corrected chi connectivity index (χ0v) is 13.3. The predicted octanol–water partition coefficient (Wildman–Crippen LogP) is 2.52. The van der Waals surface area contributed by atoms with Gasteiger partial charge in [0.15, 0.2) is 5.82 Å². The minimum Gasteiger partial charge on any atom is -0.397 e. The summed E-state index contributed by atoms with van der Waals surface area (Å²) < 4.78 is 25.0. The molecule has 1 aromatic carbocycles. The summed E-state index contributed by atoms with van der Waals surface area (Å²) in [6, 6.07) is 1.47. The topological polar surface area (TPSA) is 73.7 Å².